The first-order valence-electron chi connectivity index (χ1n) is 5.25. The molecule has 0 fully saturated rings. The van der Waals surface area contributed by atoms with Crippen LogP contribution in [0.1, 0.15) is 5.56 Å². The molecule has 0 atom stereocenters. The summed E-state index contributed by atoms with van der Waals surface area (Å²) in [5, 5.41) is 0. The van der Waals surface area contributed by atoms with Gasteiger partial charge in [-0.2, -0.15) is 8.42 Å². The highest BCUT2D eigenvalue weighted by molar-refractivity contribution is 7.81. The van der Waals surface area contributed by atoms with Crippen molar-refractivity contribution >= 4 is 10.5 Å². The molecule has 18 heavy (non-hydrogen) atoms. The van der Waals surface area contributed by atoms with Crippen LogP contribution in [-0.2, 0) is 10.5 Å². The Morgan fingerprint density at radius 2 is 1.67 bits per heavy atom. The van der Waals surface area contributed by atoms with Gasteiger partial charge in [0, 0.05) is 0 Å². The normalized spacial score (nSPS) is 11.2. The van der Waals surface area contributed by atoms with Gasteiger partial charge in [0.2, 0.25) is 0 Å². The van der Waals surface area contributed by atoms with Crippen LogP contribution < -0.4 is 4.18 Å². The first-order chi connectivity index (χ1) is 8.44. The second-order valence-electron chi connectivity index (χ2n) is 3.87. The number of hydrogen-bond acceptors (Lipinski definition) is 3. The molecule has 0 unspecified atom stereocenters. The molecule has 94 valence electrons. The van der Waals surface area contributed by atoms with Gasteiger partial charge in [0.1, 0.15) is 5.75 Å². The molecular weight excluding hydrogens is 255 g/mol. The maximum absolute atomic E-state index is 12.3. The molecule has 0 bridgehead atoms. The molecular formula is C13H11FO3S. The summed E-state index contributed by atoms with van der Waals surface area (Å²) >= 11 is 0. The van der Waals surface area contributed by atoms with Gasteiger partial charge in [-0.3, -0.25) is 0 Å². The van der Waals surface area contributed by atoms with Gasteiger partial charge < -0.3 is 4.18 Å². The van der Waals surface area contributed by atoms with E-state index in [1.165, 1.54) is 12.1 Å². The zero-order valence-electron chi connectivity index (χ0n) is 9.63. The topological polar surface area (TPSA) is 43.4 Å². The molecule has 0 heterocycles. The third kappa shape index (κ3) is 3.30. The van der Waals surface area contributed by atoms with E-state index in [-0.39, 0.29) is 5.75 Å². The van der Waals surface area contributed by atoms with E-state index >= 15 is 0 Å². The van der Waals surface area contributed by atoms with Crippen LogP contribution in [0.15, 0.2) is 48.5 Å². The quantitative estimate of drug-likeness (QED) is 0.801. The first-order valence-corrected chi connectivity index (χ1v) is 6.56. The SMILES string of the molecule is Cc1cccc(-c2ccc(OS(=O)(=O)F)cc2)c1. The van der Waals surface area contributed by atoms with Crippen LogP contribution in [0.2, 0.25) is 0 Å². The summed E-state index contributed by atoms with van der Waals surface area (Å²) in [5.74, 6) is -0.0473. The minimum atomic E-state index is -4.96. The summed E-state index contributed by atoms with van der Waals surface area (Å²) in [5.41, 5.74) is 3.03. The highest BCUT2D eigenvalue weighted by atomic mass is 32.3. The predicted molar refractivity (Wildman–Crippen MR) is 67.3 cm³/mol. The lowest BCUT2D eigenvalue weighted by molar-refractivity contribution is 0.440. The van der Waals surface area contributed by atoms with Gasteiger partial charge >= 0.3 is 10.5 Å². The van der Waals surface area contributed by atoms with Gasteiger partial charge in [-0.1, -0.05) is 45.8 Å². The highest BCUT2D eigenvalue weighted by Crippen LogP contribution is 2.23. The van der Waals surface area contributed by atoms with Crippen molar-refractivity contribution in [1.82, 2.24) is 0 Å². The molecule has 0 aliphatic rings. The molecule has 0 saturated heterocycles. The molecule has 0 saturated carbocycles. The van der Waals surface area contributed by atoms with Crippen molar-refractivity contribution in [3.63, 3.8) is 0 Å². The molecule has 2 rings (SSSR count). The lowest BCUT2D eigenvalue weighted by atomic mass is 10.0. The van der Waals surface area contributed by atoms with E-state index in [4.69, 9.17) is 0 Å². The van der Waals surface area contributed by atoms with Crippen LogP contribution in [0, 0.1) is 6.92 Å². The molecule has 3 nitrogen and oxygen atoms in total. The maximum Gasteiger partial charge on any atom is 0.488 e. The fourth-order valence-corrected chi connectivity index (χ4v) is 1.98. The zero-order valence-corrected chi connectivity index (χ0v) is 10.4. The molecule has 0 N–H and O–H groups in total. The second-order valence-corrected chi connectivity index (χ2v) is 4.82. The van der Waals surface area contributed by atoms with Crippen LogP contribution in [0.25, 0.3) is 11.1 Å². The highest BCUT2D eigenvalue weighted by Gasteiger charge is 2.09. The Labute approximate surface area is 105 Å². The molecule has 0 aromatic heterocycles. The first kappa shape index (κ1) is 12.6. The number of aryl methyl sites for hydroxylation is 1. The predicted octanol–water partition coefficient (Wildman–Crippen LogP) is 3.26. The maximum atomic E-state index is 12.3. The zero-order chi connectivity index (χ0) is 13.2. The van der Waals surface area contributed by atoms with Crippen LogP contribution >= 0.6 is 0 Å². The summed E-state index contributed by atoms with van der Waals surface area (Å²) in [4.78, 5) is 0. The summed E-state index contributed by atoms with van der Waals surface area (Å²) in [6, 6.07) is 14.0. The standard InChI is InChI=1S/C13H11FO3S/c1-10-3-2-4-12(9-10)11-5-7-13(8-6-11)17-18(14,15)16/h2-9H,1H3. The molecule has 2 aromatic carbocycles. The number of hydrogen-bond donors (Lipinski definition) is 0. The fraction of sp³-hybridized carbons (Fsp3) is 0.0769. The fourth-order valence-electron chi connectivity index (χ4n) is 1.64. The largest absolute Gasteiger partial charge is 0.488 e. The molecule has 5 heteroatoms. The number of halogens is 1. The van der Waals surface area contributed by atoms with Gasteiger partial charge in [0.05, 0.1) is 0 Å². The lowest BCUT2D eigenvalue weighted by Crippen LogP contribution is -2.00. The van der Waals surface area contributed by atoms with Gasteiger partial charge in [-0.05, 0) is 30.2 Å². The molecule has 0 amide bonds. The Balaban J connectivity index is 2.28. The molecule has 0 radical (unpaired) electrons. The van der Waals surface area contributed by atoms with Crippen LogP contribution in [-0.4, -0.2) is 8.42 Å². The van der Waals surface area contributed by atoms with Gasteiger partial charge in [-0.15, -0.1) is 0 Å². The van der Waals surface area contributed by atoms with Crippen molar-refractivity contribution in [3.8, 4) is 16.9 Å². The van der Waals surface area contributed by atoms with Crippen molar-refractivity contribution < 1.29 is 16.5 Å². The Kier molecular flexibility index (Phi) is 3.34. The van der Waals surface area contributed by atoms with E-state index in [0.717, 1.165) is 16.7 Å². The van der Waals surface area contributed by atoms with Crippen molar-refractivity contribution in [1.29, 1.82) is 0 Å². The summed E-state index contributed by atoms with van der Waals surface area (Å²) in [6.07, 6.45) is 0. The average Bonchev–Trinajstić information content (AvgIpc) is 2.28. The Morgan fingerprint density at radius 1 is 1.00 bits per heavy atom. The smallest absolute Gasteiger partial charge is 0.358 e. The Morgan fingerprint density at radius 3 is 2.22 bits per heavy atom. The minimum absolute atomic E-state index is 0.0473. The average molecular weight is 266 g/mol. The summed E-state index contributed by atoms with van der Waals surface area (Å²) < 4.78 is 37.0. The van der Waals surface area contributed by atoms with Crippen molar-refractivity contribution in [2.45, 2.75) is 6.92 Å². The monoisotopic (exact) mass is 266 g/mol. The third-order valence-corrected chi connectivity index (χ3v) is 2.79. The van der Waals surface area contributed by atoms with Crippen LogP contribution in [0.4, 0.5) is 3.89 Å². The van der Waals surface area contributed by atoms with Gasteiger partial charge in [0.15, 0.2) is 0 Å². The van der Waals surface area contributed by atoms with E-state index < -0.39 is 10.5 Å². The summed E-state index contributed by atoms with van der Waals surface area (Å²) in [6.45, 7) is 1.98. The Bertz CT molecular complexity index is 648. The van der Waals surface area contributed by atoms with E-state index in [0.29, 0.717) is 0 Å². The minimum Gasteiger partial charge on any atom is -0.358 e. The summed E-state index contributed by atoms with van der Waals surface area (Å²) in [7, 11) is -4.96. The van der Waals surface area contributed by atoms with E-state index in [2.05, 4.69) is 4.18 Å². The van der Waals surface area contributed by atoms with Crippen molar-refractivity contribution in [3.05, 3.63) is 54.1 Å². The second kappa shape index (κ2) is 4.78. The van der Waals surface area contributed by atoms with E-state index in [1.807, 2.05) is 31.2 Å². The van der Waals surface area contributed by atoms with Crippen molar-refractivity contribution in [2.75, 3.05) is 0 Å². The molecule has 0 aliphatic heterocycles. The lowest BCUT2D eigenvalue weighted by Gasteiger charge is -2.04. The van der Waals surface area contributed by atoms with Crippen LogP contribution in [0.3, 0.4) is 0 Å². The Hall–Kier alpha value is -1.88. The molecule has 2 aromatic rings. The number of rotatable bonds is 3. The van der Waals surface area contributed by atoms with Gasteiger partial charge in [0.25, 0.3) is 0 Å². The number of benzene rings is 2. The third-order valence-electron chi connectivity index (χ3n) is 2.40. The van der Waals surface area contributed by atoms with Crippen molar-refractivity contribution in [2.24, 2.45) is 0 Å². The van der Waals surface area contributed by atoms with E-state index in [1.54, 1.807) is 12.1 Å². The van der Waals surface area contributed by atoms with Crippen LogP contribution in [0.5, 0.6) is 5.75 Å². The molecule has 0 aliphatic carbocycles. The molecule has 0 spiro atoms. The van der Waals surface area contributed by atoms with Gasteiger partial charge in [-0.25, -0.2) is 0 Å². The van der Waals surface area contributed by atoms with E-state index in [9.17, 15) is 12.3 Å².